The fraction of sp³-hybridized carbons (Fsp3) is 0.240. The number of nitrogens with zero attached hydrogens (tertiary/aromatic N) is 2. The van der Waals surface area contributed by atoms with E-state index in [4.69, 9.17) is 9.52 Å². The molecule has 164 valence electrons. The van der Waals surface area contributed by atoms with Crippen molar-refractivity contribution in [3.63, 3.8) is 0 Å². The SMILES string of the molecule is CCN(CC)c1ccc2cc(/C=C/c3sc4ccccc4[n+]3CCC(=O)O)c(=O)oc2c1. The molecule has 0 spiro atoms. The Kier molecular flexibility index (Phi) is 6.37. The second kappa shape index (κ2) is 9.36. The molecule has 0 saturated heterocycles. The number of aromatic nitrogens is 1. The van der Waals surface area contributed by atoms with Crippen LogP contribution in [0.2, 0.25) is 0 Å². The monoisotopic (exact) mass is 449 g/mol. The van der Waals surface area contributed by atoms with Crippen LogP contribution >= 0.6 is 11.3 Å². The number of carboxylic acids is 1. The zero-order valence-corrected chi connectivity index (χ0v) is 18.9. The highest BCUT2D eigenvalue weighted by atomic mass is 32.1. The molecule has 32 heavy (non-hydrogen) atoms. The summed E-state index contributed by atoms with van der Waals surface area (Å²) < 4.78 is 8.65. The Bertz CT molecular complexity index is 1370. The molecule has 0 fully saturated rings. The first-order chi connectivity index (χ1) is 15.5. The zero-order chi connectivity index (χ0) is 22.7. The molecule has 1 N–H and O–H groups in total. The Morgan fingerprint density at radius 3 is 2.66 bits per heavy atom. The number of benzene rings is 2. The highest BCUT2D eigenvalue weighted by Gasteiger charge is 2.19. The first-order valence-corrected chi connectivity index (χ1v) is 11.5. The van der Waals surface area contributed by atoms with Crippen LogP contribution in [-0.2, 0) is 11.3 Å². The molecule has 4 aromatic rings. The van der Waals surface area contributed by atoms with Crippen LogP contribution in [0.15, 0.2) is 57.7 Å². The maximum atomic E-state index is 12.6. The molecule has 0 unspecified atom stereocenters. The predicted octanol–water partition coefficient (Wildman–Crippen LogP) is 4.79. The summed E-state index contributed by atoms with van der Waals surface area (Å²) in [6.45, 7) is 6.30. The Hall–Kier alpha value is -3.45. The van der Waals surface area contributed by atoms with Gasteiger partial charge in [0.05, 0.1) is 5.56 Å². The summed E-state index contributed by atoms with van der Waals surface area (Å²) in [6, 6.07) is 15.6. The molecule has 0 saturated carbocycles. The van der Waals surface area contributed by atoms with Gasteiger partial charge in [-0.2, -0.15) is 4.57 Å². The van der Waals surface area contributed by atoms with Crippen LogP contribution < -0.4 is 15.1 Å². The van der Waals surface area contributed by atoms with Crippen LogP contribution in [0.25, 0.3) is 33.3 Å². The molecule has 0 atom stereocenters. The lowest BCUT2D eigenvalue weighted by Crippen LogP contribution is -2.36. The summed E-state index contributed by atoms with van der Waals surface area (Å²) in [4.78, 5) is 25.9. The van der Waals surface area contributed by atoms with E-state index in [1.807, 2.05) is 59.2 Å². The molecule has 0 aliphatic rings. The van der Waals surface area contributed by atoms with Crippen molar-refractivity contribution in [2.75, 3.05) is 18.0 Å². The van der Waals surface area contributed by atoms with E-state index in [2.05, 4.69) is 18.7 Å². The number of hydrogen-bond donors (Lipinski definition) is 1. The minimum absolute atomic E-state index is 0.0270. The largest absolute Gasteiger partial charge is 0.481 e. The van der Waals surface area contributed by atoms with Crippen molar-refractivity contribution in [3.8, 4) is 0 Å². The summed E-state index contributed by atoms with van der Waals surface area (Å²) in [5.74, 6) is -0.845. The van der Waals surface area contributed by atoms with Crippen LogP contribution in [0.3, 0.4) is 0 Å². The van der Waals surface area contributed by atoms with E-state index in [9.17, 15) is 9.59 Å². The lowest BCUT2D eigenvalue weighted by atomic mass is 10.1. The lowest BCUT2D eigenvalue weighted by molar-refractivity contribution is -0.667. The normalized spacial score (nSPS) is 11.6. The van der Waals surface area contributed by atoms with E-state index in [0.717, 1.165) is 39.4 Å². The van der Waals surface area contributed by atoms with Gasteiger partial charge in [0.2, 0.25) is 5.52 Å². The van der Waals surface area contributed by atoms with Crippen molar-refractivity contribution in [3.05, 3.63) is 69.5 Å². The molecule has 6 nitrogen and oxygen atoms in total. The fourth-order valence-electron chi connectivity index (χ4n) is 3.79. The number of hydrogen-bond acceptors (Lipinski definition) is 5. The summed E-state index contributed by atoms with van der Waals surface area (Å²) in [6.07, 6.45) is 3.62. The smallest absolute Gasteiger partial charge is 0.343 e. The van der Waals surface area contributed by atoms with Crippen molar-refractivity contribution in [2.24, 2.45) is 0 Å². The van der Waals surface area contributed by atoms with Crippen LogP contribution in [0, 0.1) is 0 Å². The van der Waals surface area contributed by atoms with E-state index in [1.165, 1.54) is 0 Å². The number of fused-ring (bicyclic) bond motifs is 2. The van der Waals surface area contributed by atoms with Gasteiger partial charge in [-0.15, -0.1) is 0 Å². The molecule has 2 aromatic carbocycles. The summed E-state index contributed by atoms with van der Waals surface area (Å²) in [5.41, 5.74) is 2.63. The van der Waals surface area contributed by atoms with Gasteiger partial charge in [0.15, 0.2) is 6.54 Å². The molecule has 2 heterocycles. The fourth-order valence-corrected chi connectivity index (χ4v) is 4.88. The predicted molar refractivity (Wildman–Crippen MR) is 129 cm³/mol. The van der Waals surface area contributed by atoms with Gasteiger partial charge in [0.1, 0.15) is 16.7 Å². The Balaban J connectivity index is 1.71. The first kappa shape index (κ1) is 21.8. The number of para-hydroxylation sites is 1. The average Bonchev–Trinajstić information content (AvgIpc) is 3.14. The van der Waals surface area contributed by atoms with E-state index < -0.39 is 11.6 Å². The maximum absolute atomic E-state index is 12.6. The molecule has 2 aromatic heterocycles. The lowest BCUT2D eigenvalue weighted by Gasteiger charge is -2.20. The highest BCUT2D eigenvalue weighted by molar-refractivity contribution is 7.18. The number of aliphatic carboxylic acids is 1. The second-order valence-corrected chi connectivity index (χ2v) is 8.48. The third-order valence-electron chi connectivity index (χ3n) is 5.47. The second-order valence-electron chi connectivity index (χ2n) is 7.42. The van der Waals surface area contributed by atoms with E-state index >= 15 is 0 Å². The highest BCUT2D eigenvalue weighted by Crippen LogP contribution is 2.24. The van der Waals surface area contributed by atoms with Crippen LogP contribution in [0.1, 0.15) is 30.8 Å². The maximum Gasteiger partial charge on any atom is 0.343 e. The zero-order valence-electron chi connectivity index (χ0n) is 18.1. The quantitative estimate of drug-likeness (QED) is 0.309. The van der Waals surface area contributed by atoms with Gasteiger partial charge in [-0.3, -0.25) is 4.79 Å². The average molecular weight is 450 g/mol. The molecular formula is C25H25N2O4S+. The van der Waals surface area contributed by atoms with Gasteiger partial charge < -0.3 is 14.4 Å². The Morgan fingerprint density at radius 2 is 1.91 bits per heavy atom. The van der Waals surface area contributed by atoms with Crippen molar-refractivity contribution in [1.29, 1.82) is 0 Å². The summed E-state index contributed by atoms with van der Waals surface area (Å²) in [7, 11) is 0. The molecule has 7 heteroatoms. The third-order valence-corrected chi connectivity index (χ3v) is 6.60. The summed E-state index contributed by atoms with van der Waals surface area (Å²) >= 11 is 1.56. The Labute approximate surface area is 189 Å². The number of carboxylic acid groups (broad SMARTS) is 1. The number of rotatable bonds is 8. The van der Waals surface area contributed by atoms with Crippen LogP contribution in [-0.4, -0.2) is 24.2 Å². The molecule has 0 aliphatic heterocycles. The minimum atomic E-state index is -0.845. The standard InChI is InChI=1S/C25H24N2O4S/c1-3-26(4-2)19-11-9-17-15-18(25(30)31-21(17)16-19)10-12-23-27(14-13-24(28)29)20-7-5-6-8-22(20)32-23/h5-12,15-16H,3-4,13-14H2,1-2H3/p+1. The van der Waals surface area contributed by atoms with Crippen LogP contribution in [0.5, 0.6) is 0 Å². The molecule has 4 rings (SSSR count). The van der Waals surface area contributed by atoms with Gasteiger partial charge >= 0.3 is 11.6 Å². The first-order valence-electron chi connectivity index (χ1n) is 10.6. The van der Waals surface area contributed by atoms with Crippen molar-refractivity contribution in [1.82, 2.24) is 0 Å². The summed E-state index contributed by atoms with van der Waals surface area (Å²) in [5, 5.41) is 10.9. The number of carbonyl (C=O) groups is 1. The van der Waals surface area contributed by atoms with Gasteiger partial charge in [-0.1, -0.05) is 23.5 Å². The number of thiazole rings is 1. The van der Waals surface area contributed by atoms with Crippen molar-refractivity contribution in [2.45, 2.75) is 26.8 Å². The van der Waals surface area contributed by atoms with Gasteiger partial charge in [-0.05, 0) is 44.2 Å². The molecule has 0 aliphatic carbocycles. The van der Waals surface area contributed by atoms with Crippen molar-refractivity contribution < 1.29 is 18.9 Å². The van der Waals surface area contributed by atoms with Gasteiger partial charge in [0.25, 0.3) is 5.01 Å². The number of aryl methyl sites for hydroxylation is 1. The molecule has 0 bridgehead atoms. The molecule has 0 amide bonds. The van der Waals surface area contributed by atoms with Gasteiger partial charge in [0, 0.05) is 42.4 Å². The molecule has 0 radical (unpaired) electrons. The van der Waals surface area contributed by atoms with Crippen LogP contribution in [0.4, 0.5) is 5.69 Å². The molecular weight excluding hydrogens is 424 g/mol. The van der Waals surface area contributed by atoms with Crippen molar-refractivity contribution >= 4 is 56.3 Å². The van der Waals surface area contributed by atoms with E-state index in [0.29, 0.717) is 17.7 Å². The van der Waals surface area contributed by atoms with Gasteiger partial charge in [-0.25, -0.2) is 4.79 Å². The van der Waals surface area contributed by atoms with E-state index in [1.54, 1.807) is 17.4 Å². The Morgan fingerprint density at radius 1 is 1.12 bits per heavy atom. The minimum Gasteiger partial charge on any atom is -0.481 e. The third kappa shape index (κ3) is 4.43. The topological polar surface area (TPSA) is 74.6 Å². The van der Waals surface area contributed by atoms with E-state index in [-0.39, 0.29) is 6.42 Å². The number of anilines is 1.